The van der Waals surface area contributed by atoms with E-state index in [-0.39, 0.29) is 28.7 Å². The molecule has 0 bridgehead atoms. The summed E-state index contributed by atoms with van der Waals surface area (Å²) in [5, 5.41) is 15.0. The zero-order valence-corrected chi connectivity index (χ0v) is 10.2. The fourth-order valence-corrected chi connectivity index (χ4v) is 1.46. The molecule has 0 aromatic heterocycles. The van der Waals surface area contributed by atoms with Crippen molar-refractivity contribution in [2.45, 2.75) is 0 Å². The molecule has 96 valence electrons. The van der Waals surface area contributed by atoms with Gasteiger partial charge in [0.2, 0.25) is 5.91 Å². The van der Waals surface area contributed by atoms with E-state index < -0.39 is 10.8 Å². The first kappa shape index (κ1) is 13.9. The molecule has 18 heavy (non-hydrogen) atoms. The first-order chi connectivity index (χ1) is 8.47. The molecule has 0 aliphatic carbocycles. The van der Waals surface area contributed by atoms with E-state index in [9.17, 15) is 19.7 Å². The fraction of sp³-hybridized carbons (Fsp3) is 0.200. The summed E-state index contributed by atoms with van der Waals surface area (Å²) >= 11 is 5.74. The molecule has 0 fully saturated rings. The van der Waals surface area contributed by atoms with Crippen LogP contribution in [0, 0.1) is 10.1 Å². The number of nitrogens with zero attached hydrogens (tertiary/aromatic N) is 1. The largest absolute Gasteiger partial charge is 0.358 e. The number of nitro benzene ring substituents is 1. The molecule has 7 nitrogen and oxygen atoms in total. The second-order valence-corrected chi connectivity index (χ2v) is 3.63. The van der Waals surface area contributed by atoms with Gasteiger partial charge in [-0.2, -0.15) is 0 Å². The Morgan fingerprint density at radius 2 is 2.11 bits per heavy atom. The summed E-state index contributed by atoms with van der Waals surface area (Å²) in [6.45, 7) is -0.228. The Hall–Kier alpha value is -2.15. The maximum absolute atomic E-state index is 11.7. The molecule has 0 saturated heterocycles. The van der Waals surface area contributed by atoms with Crippen LogP contribution in [0.5, 0.6) is 0 Å². The first-order valence-corrected chi connectivity index (χ1v) is 5.27. The number of carbonyl (C=O) groups excluding carboxylic acids is 2. The molecule has 2 N–H and O–H groups in total. The normalized spacial score (nSPS) is 9.67. The molecule has 0 atom stereocenters. The minimum Gasteiger partial charge on any atom is -0.358 e. The highest BCUT2D eigenvalue weighted by Crippen LogP contribution is 2.27. The van der Waals surface area contributed by atoms with Gasteiger partial charge in [0, 0.05) is 13.1 Å². The van der Waals surface area contributed by atoms with Gasteiger partial charge in [-0.25, -0.2) is 0 Å². The molecule has 1 aromatic carbocycles. The van der Waals surface area contributed by atoms with Gasteiger partial charge in [0.05, 0.1) is 17.0 Å². The summed E-state index contributed by atoms with van der Waals surface area (Å²) < 4.78 is 0. The number of likely N-dealkylation sites (N-methyl/N-ethyl adjacent to an activating group) is 1. The van der Waals surface area contributed by atoms with Crippen LogP contribution in [0.1, 0.15) is 10.4 Å². The van der Waals surface area contributed by atoms with Gasteiger partial charge in [-0.05, 0) is 6.07 Å². The maximum atomic E-state index is 11.7. The van der Waals surface area contributed by atoms with Gasteiger partial charge >= 0.3 is 0 Å². The molecule has 0 radical (unpaired) electrons. The number of nitrogens with one attached hydrogen (secondary N) is 2. The summed E-state index contributed by atoms with van der Waals surface area (Å²) in [4.78, 5) is 32.6. The van der Waals surface area contributed by atoms with Crippen LogP contribution in [0.25, 0.3) is 0 Å². The maximum Gasteiger partial charge on any atom is 0.288 e. The van der Waals surface area contributed by atoms with Gasteiger partial charge in [-0.1, -0.05) is 17.7 Å². The summed E-state index contributed by atoms with van der Waals surface area (Å²) in [5.74, 6) is -1.03. The summed E-state index contributed by atoms with van der Waals surface area (Å²) in [7, 11) is 1.43. The van der Waals surface area contributed by atoms with E-state index >= 15 is 0 Å². The van der Waals surface area contributed by atoms with E-state index in [1.165, 1.54) is 25.2 Å². The zero-order valence-electron chi connectivity index (χ0n) is 9.40. The van der Waals surface area contributed by atoms with Crippen LogP contribution in [-0.2, 0) is 4.79 Å². The number of hydrogen-bond donors (Lipinski definition) is 2. The lowest BCUT2D eigenvalue weighted by Crippen LogP contribution is -2.35. The number of benzene rings is 1. The number of amides is 2. The molecule has 0 saturated carbocycles. The van der Waals surface area contributed by atoms with Gasteiger partial charge in [0.15, 0.2) is 0 Å². The van der Waals surface area contributed by atoms with Crippen molar-refractivity contribution in [3.8, 4) is 0 Å². The zero-order chi connectivity index (χ0) is 13.7. The van der Waals surface area contributed by atoms with Crippen LogP contribution in [0.4, 0.5) is 5.69 Å². The minimum atomic E-state index is -0.683. The lowest BCUT2D eigenvalue weighted by molar-refractivity contribution is -0.384. The molecule has 8 heteroatoms. The highest BCUT2D eigenvalue weighted by Gasteiger charge is 2.19. The quantitative estimate of drug-likeness (QED) is 0.622. The summed E-state index contributed by atoms with van der Waals surface area (Å²) in [5.41, 5.74) is -0.404. The number of halogens is 1. The number of nitro groups is 1. The highest BCUT2D eigenvalue weighted by atomic mass is 35.5. The predicted molar refractivity (Wildman–Crippen MR) is 64.5 cm³/mol. The second kappa shape index (κ2) is 5.97. The lowest BCUT2D eigenvalue weighted by atomic mass is 10.2. The molecule has 1 aromatic rings. The fourth-order valence-electron chi connectivity index (χ4n) is 1.18. The van der Waals surface area contributed by atoms with Crippen LogP contribution >= 0.6 is 11.6 Å². The van der Waals surface area contributed by atoms with Crippen molar-refractivity contribution in [2.75, 3.05) is 13.6 Å². The third-order valence-electron chi connectivity index (χ3n) is 2.11. The number of rotatable bonds is 4. The van der Waals surface area contributed by atoms with Crippen LogP contribution in [0.3, 0.4) is 0 Å². The molecule has 0 aliphatic heterocycles. The van der Waals surface area contributed by atoms with Crippen LogP contribution in [-0.4, -0.2) is 30.3 Å². The Morgan fingerprint density at radius 1 is 1.44 bits per heavy atom. The Bertz CT molecular complexity index is 504. The molecule has 0 unspecified atom stereocenters. The van der Waals surface area contributed by atoms with E-state index in [4.69, 9.17) is 11.6 Å². The summed E-state index contributed by atoms with van der Waals surface area (Å²) in [6, 6.07) is 3.88. The molecule has 1 rings (SSSR count). The third kappa shape index (κ3) is 3.17. The van der Waals surface area contributed by atoms with E-state index in [2.05, 4.69) is 10.6 Å². The third-order valence-corrected chi connectivity index (χ3v) is 2.51. The molecular weight excluding hydrogens is 262 g/mol. The molecule has 0 spiro atoms. The van der Waals surface area contributed by atoms with Gasteiger partial charge in [-0.15, -0.1) is 0 Å². The first-order valence-electron chi connectivity index (χ1n) is 4.89. The van der Waals surface area contributed by atoms with Gasteiger partial charge < -0.3 is 10.6 Å². The smallest absolute Gasteiger partial charge is 0.288 e. The minimum absolute atomic E-state index is 0.0465. The van der Waals surface area contributed by atoms with Crippen LogP contribution in [0.2, 0.25) is 5.02 Å². The lowest BCUT2D eigenvalue weighted by Gasteiger charge is -2.06. The molecular formula is C10H10ClN3O4. The standard InChI is InChI=1S/C10H10ClN3O4/c1-12-8(15)5-13-10(16)6-3-2-4-7(9(6)11)14(17)18/h2-4H,5H2,1H3,(H,12,15)(H,13,16). The van der Waals surface area contributed by atoms with Crippen molar-refractivity contribution in [2.24, 2.45) is 0 Å². The van der Waals surface area contributed by atoms with Gasteiger partial charge in [0.1, 0.15) is 5.02 Å². The van der Waals surface area contributed by atoms with Gasteiger partial charge in [-0.3, -0.25) is 19.7 Å². The average molecular weight is 272 g/mol. The highest BCUT2D eigenvalue weighted by molar-refractivity contribution is 6.35. The van der Waals surface area contributed by atoms with Crippen molar-refractivity contribution in [1.82, 2.24) is 10.6 Å². The van der Waals surface area contributed by atoms with Crippen molar-refractivity contribution in [3.63, 3.8) is 0 Å². The topological polar surface area (TPSA) is 101 Å². The Morgan fingerprint density at radius 3 is 2.67 bits per heavy atom. The Kier molecular flexibility index (Phi) is 4.61. The van der Waals surface area contributed by atoms with E-state index in [1.54, 1.807) is 0 Å². The average Bonchev–Trinajstić information content (AvgIpc) is 2.35. The van der Waals surface area contributed by atoms with Crippen LogP contribution in [0.15, 0.2) is 18.2 Å². The van der Waals surface area contributed by atoms with Crippen molar-refractivity contribution in [1.29, 1.82) is 0 Å². The molecule has 0 aliphatic rings. The number of hydrogen-bond acceptors (Lipinski definition) is 4. The molecule has 2 amide bonds. The second-order valence-electron chi connectivity index (χ2n) is 3.25. The van der Waals surface area contributed by atoms with Crippen molar-refractivity contribution < 1.29 is 14.5 Å². The van der Waals surface area contributed by atoms with Gasteiger partial charge in [0.25, 0.3) is 11.6 Å². The van der Waals surface area contributed by atoms with Crippen LogP contribution < -0.4 is 10.6 Å². The van der Waals surface area contributed by atoms with Crippen molar-refractivity contribution in [3.05, 3.63) is 38.9 Å². The molecule has 0 heterocycles. The number of carbonyl (C=O) groups is 2. The Balaban J connectivity index is 2.90. The summed E-state index contributed by atoms with van der Waals surface area (Å²) in [6.07, 6.45) is 0. The van der Waals surface area contributed by atoms with E-state index in [0.29, 0.717) is 0 Å². The van der Waals surface area contributed by atoms with E-state index in [0.717, 1.165) is 0 Å². The predicted octanol–water partition coefficient (Wildman–Crippen LogP) is 0.724. The van der Waals surface area contributed by atoms with Crippen molar-refractivity contribution >= 4 is 29.1 Å². The Labute approximate surface area is 107 Å². The monoisotopic (exact) mass is 271 g/mol. The SMILES string of the molecule is CNC(=O)CNC(=O)c1cccc([N+](=O)[O-])c1Cl. The van der Waals surface area contributed by atoms with E-state index in [1.807, 2.05) is 0 Å².